The first-order chi connectivity index (χ1) is 11.7. The van der Waals surface area contributed by atoms with Crippen LogP contribution in [-0.2, 0) is 4.79 Å². The number of para-hydroxylation sites is 1. The number of nitrogens with one attached hydrogen (secondary N) is 1. The van der Waals surface area contributed by atoms with Crippen molar-refractivity contribution in [3.63, 3.8) is 0 Å². The van der Waals surface area contributed by atoms with Gasteiger partial charge in [0.15, 0.2) is 0 Å². The third-order valence-corrected chi connectivity index (χ3v) is 4.59. The largest absolute Gasteiger partial charge is 0.356 e. The molecule has 1 amide bonds. The summed E-state index contributed by atoms with van der Waals surface area (Å²) in [4.78, 5) is 24.2. The van der Waals surface area contributed by atoms with Crippen LogP contribution in [0.2, 0.25) is 0 Å². The molecule has 1 aliphatic rings. The zero-order valence-corrected chi connectivity index (χ0v) is 14.0. The topological polar surface area (TPSA) is 51.1 Å². The number of benzene rings is 1. The summed E-state index contributed by atoms with van der Waals surface area (Å²) in [5.74, 6) is -0.0856. The third-order valence-electron chi connectivity index (χ3n) is 4.59. The predicted octanol–water partition coefficient (Wildman–Crippen LogP) is 4.07. The average molecular weight is 324 g/mol. The summed E-state index contributed by atoms with van der Waals surface area (Å²) in [5.41, 5.74) is 2.35. The highest BCUT2D eigenvalue weighted by Crippen LogP contribution is 2.19. The molecule has 1 aromatic carbocycles. The molecule has 1 aliphatic carbocycles. The van der Waals surface area contributed by atoms with Gasteiger partial charge < -0.3 is 5.32 Å². The molecule has 126 valence electrons. The Labute approximate surface area is 142 Å². The number of carbonyl (C=O) groups excluding carboxylic acids is 2. The molecule has 0 aliphatic heterocycles. The van der Waals surface area contributed by atoms with Gasteiger partial charge in [0.05, 0.1) is 5.52 Å². The smallest absolute Gasteiger partial charge is 0.231 e. The molecule has 1 aromatic heterocycles. The molecule has 0 saturated carbocycles. The van der Waals surface area contributed by atoms with E-state index in [0.717, 1.165) is 23.7 Å². The molecule has 0 fully saturated rings. The van der Waals surface area contributed by atoms with E-state index in [1.54, 1.807) is 10.8 Å². The number of hydrogen-bond acceptors (Lipinski definition) is 2. The Kier molecular flexibility index (Phi) is 5.47. The fourth-order valence-corrected chi connectivity index (χ4v) is 3.22. The van der Waals surface area contributed by atoms with E-state index in [2.05, 4.69) is 11.4 Å². The summed E-state index contributed by atoms with van der Waals surface area (Å²) in [6.45, 7) is 0.672. The average Bonchev–Trinajstić information content (AvgIpc) is 3.05. The van der Waals surface area contributed by atoms with Crippen LogP contribution in [0.3, 0.4) is 0 Å². The quantitative estimate of drug-likeness (QED) is 0.814. The fraction of sp³-hybridized carbons (Fsp3) is 0.400. The van der Waals surface area contributed by atoms with E-state index < -0.39 is 0 Å². The standard InChI is InChI=1S/C20H24N2O2/c23-19(21-14-12-16-6-2-1-3-7-16)10-11-20(24)22-15-13-17-8-4-5-9-18(17)22/h4-6,8-9,13,15H,1-3,7,10-12,14H2,(H,21,23). The number of amides is 1. The van der Waals surface area contributed by atoms with Gasteiger partial charge in [-0.1, -0.05) is 29.8 Å². The van der Waals surface area contributed by atoms with E-state index in [4.69, 9.17) is 0 Å². The monoisotopic (exact) mass is 324 g/mol. The first-order valence-electron chi connectivity index (χ1n) is 8.78. The van der Waals surface area contributed by atoms with Crippen LogP contribution in [0.5, 0.6) is 0 Å². The second-order valence-electron chi connectivity index (χ2n) is 6.35. The Bertz CT molecular complexity index is 758. The highest BCUT2D eigenvalue weighted by Gasteiger charge is 2.11. The van der Waals surface area contributed by atoms with Crippen molar-refractivity contribution in [2.75, 3.05) is 6.54 Å². The SMILES string of the molecule is O=C(CCC(=O)n1ccc2ccccc21)NCCC1=CCCCC1. The molecule has 1 N–H and O–H groups in total. The van der Waals surface area contributed by atoms with Crippen LogP contribution in [0, 0.1) is 0 Å². The van der Waals surface area contributed by atoms with Crippen molar-refractivity contribution >= 4 is 22.7 Å². The van der Waals surface area contributed by atoms with E-state index in [1.807, 2.05) is 30.3 Å². The van der Waals surface area contributed by atoms with Gasteiger partial charge in [-0.05, 0) is 44.2 Å². The molecule has 0 unspecified atom stereocenters. The van der Waals surface area contributed by atoms with Crippen LogP contribution in [-0.4, -0.2) is 22.9 Å². The molecular formula is C20H24N2O2. The minimum absolute atomic E-state index is 0.0404. The van der Waals surface area contributed by atoms with Crippen LogP contribution < -0.4 is 5.32 Å². The lowest BCUT2D eigenvalue weighted by atomic mass is 9.97. The Morgan fingerprint density at radius 2 is 1.96 bits per heavy atom. The summed E-state index contributed by atoms with van der Waals surface area (Å²) in [7, 11) is 0. The molecule has 2 aromatic rings. The van der Waals surface area contributed by atoms with E-state index >= 15 is 0 Å². The minimum Gasteiger partial charge on any atom is -0.356 e. The summed E-state index contributed by atoms with van der Waals surface area (Å²) in [6.07, 6.45) is 10.4. The van der Waals surface area contributed by atoms with Gasteiger partial charge >= 0.3 is 0 Å². The Hall–Kier alpha value is -2.36. The molecule has 0 radical (unpaired) electrons. The number of allylic oxidation sites excluding steroid dienone is 1. The van der Waals surface area contributed by atoms with Gasteiger partial charge in [-0.25, -0.2) is 0 Å². The van der Waals surface area contributed by atoms with Crippen LogP contribution in [0.1, 0.15) is 49.7 Å². The molecule has 3 rings (SSSR count). The van der Waals surface area contributed by atoms with Gasteiger partial charge in [0.2, 0.25) is 11.8 Å². The van der Waals surface area contributed by atoms with Gasteiger partial charge in [0.1, 0.15) is 0 Å². The lowest BCUT2D eigenvalue weighted by Crippen LogP contribution is -2.25. The van der Waals surface area contributed by atoms with Crippen molar-refractivity contribution in [1.29, 1.82) is 0 Å². The van der Waals surface area contributed by atoms with Crippen molar-refractivity contribution in [2.45, 2.75) is 44.9 Å². The Balaban J connectivity index is 1.44. The first-order valence-corrected chi connectivity index (χ1v) is 8.78. The maximum atomic E-state index is 12.3. The van der Waals surface area contributed by atoms with Gasteiger partial charge in [0.25, 0.3) is 0 Å². The predicted molar refractivity (Wildman–Crippen MR) is 96.0 cm³/mol. The minimum atomic E-state index is -0.0452. The third kappa shape index (κ3) is 4.13. The highest BCUT2D eigenvalue weighted by molar-refractivity contribution is 5.93. The second kappa shape index (κ2) is 7.95. The first kappa shape index (κ1) is 16.5. The van der Waals surface area contributed by atoms with Crippen molar-refractivity contribution in [3.8, 4) is 0 Å². The molecule has 0 bridgehead atoms. The second-order valence-corrected chi connectivity index (χ2v) is 6.35. The molecule has 0 atom stereocenters. The molecule has 4 heteroatoms. The number of aromatic nitrogens is 1. The number of carbonyl (C=O) groups is 2. The fourth-order valence-electron chi connectivity index (χ4n) is 3.22. The maximum absolute atomic E-state index is 12.3. The van der Waals surface area contributed by atoms with Crippen molar-refractivity contribution in [1.82, 2.24) is 9.88 Å². The number of nitrogens with zero attached hydrogens (tertiary/aromatic N) is 1. The lowest BCUT2D eigenvalue weighted by molar-refractivity contribution is -0.121. The van der Waals surface area contributed by atoms with E-state index in [0.29, 0.717) is 6.54 Å². The van der Waals surface area contributed by atoms with Crippen LogP contribution in [0.25, 0.3) is 10.9 Å². The van der Waals surface area contributed by atoms with Crippen LogP contribution >= 0.6 is 0 Å². The summed E-state index contributed by atoms with van der Waals surface area (Å²) < 4.78 is 1.63. The van der Waals surface area contributed by atoms with E-state index in [-0.39, 0.29) is 24.7 Å². The molecule has 24 heavy (non-hydrogen) atoms. The lowest BCUT2D eigenvalue weighted by Gasteiger charge is -2.12. The molecule has 0 spiro atoms. The summed E-state index contributed by atoms with van der Waals surface area (Å²) in [6, 6.07) is 9.69. The van der Waals surface area contributed by atoms with Gasteiger partial charge in [-0.2, -0.15) is 0 Å². The number of hydrogen-bond donors (Lipinski definition) is 1. The molecule has 0 saturated heterocycles. The number of fused-ring (bicyclic) bond motifs is 1. The van der Waals surface area contributed by atoms with E-state index in [1.165, 1.54) is 24.8 Å². The highest BCUT2D eigenvalue weighted by atomic mass is 16.2. The Morgan fingerprint density at radius 3 is 2.79 bits per heavy atom. The van der Waals surface area contributed by atoms with Crippen LogP contribution in [0.15, 0.2) is 48.2 Å². The van der Waals surface area contributed by atoms with Gasteiger partial charge in [0, 0.05) is 31.0 Å². The van der Waals surface area contributed by atoms with Crippen LogP contribution in [0.4, 0.5) is 0 Å². The van der Waals surface area contributed by atoms with Crippen molar-refractivity contribution in [3.05, 3.63) is 48.2 Å². The van der Waals surface area contributed by atoms with Crippen molar-refractivity contribution < 1.29 is 9.59 Å². The van der Waals surface area contributed by atoms with Gasteiger partial charge in [-0.15, -0.1) is 0 Å². The number of rotatable bonds is 6. The molecule has 4 nitrogen and oxygen atoms in total. The molecular weight excluding hydrogens is 300 g/mol. The zero-order valence-electron chi connectivity index (χ0n) is 14.0. The normalized spacial score (nSPS) is 14.4. The van der Waals surface area contributed by atoms with E-state index in [9.17, 15) is 9.59 Å². The summed E-state index contributed by atoms with van der Waals surface area (Å²) in [5, 5.41) is 3.96. The molecule has 1 heterocycles. The summed E-state index contributed by atoms with van der Waals surface area (Å²) >= 11 is 0. The zero-order chi connectivity index (χ0) is 16.8. The Morgan fingerprint density at radius 1 is 1.08 bits per heavy atom. The van der Waals surface area contributed by atoms with Gasteiger partial charge in [-0.3, -0.25) is 14.2 Å². The van der Waals surface area contributed by atoms with Crippen molar-refractivity contribution in [2.24, 2.45) is 0 Å². The maximum Gasteiger partial charge on any atom is 0.231 e.